The van der Waals surface area contributed by atoms with Gasteiger partial charge in [-0.1, -0.05) is 0 Å². The average Bonchev–Trinajstić information content (AvgIpc) is 2.81. The molecule has 2 aromatic heterocycles. The number of carboxylic acids is 1. The van der Waals surface area contributed by atoms with Crippen LogP contribution in [0.4, 0.5) is 11.5 Å². The molecule has 2 aromatic rings. The summed E-state index contributed by atoms with van der Waals surface area (Å²) in [6, 6.07) is 3.46. The molecule has 0 spiro atoms. The molecular weight excluding hydrogens is 250 g/mol. The van der Waals surface area contributed by atoms with Crippen LogP contribution in [0.15, 0.2) is 29.1 Å². The molecule has 0 aliphatic rings. The number of carbonyl (C=O) groups is 1. The molecule has 0 unspecified atom stereocenters. The fourth-order valence-corrected chi connectivity index (χ4v) is 2.30. The van der Waals surface area contributed by atoms with E-state index in [4.69, 9.17) is 10.8 Å². The number of rotatable bonds is 4. The van der Waals surface area contributed by atoms with Gasteiger partial charge in [-0.05, 0) is 28.5 Å². The minimum absolute atomic E-state index is 0.0974. The molecule has 0 aliphatic heterocycles. The summed E-state index contributed by atoms with van der Waals surface area (Å²) in [6.07, 6.45) is 1.32. The van der Waals surface area contributed by atoms with Gasteiger partial charge in [0, 0.05) is 19.8 Å². The standard InChI is InChI=1S/C12H13N3O2S/c1-15(6-8-2-3-18-7-8)11-10(13)4-9(5-14-11)12(16)17/h2-5,7H,6,13H2,1H3,(H,16,17). The first kappa shape index (κ1) is 12.4. The van der Waals surface area contributed by atoms with Gasteiger partial charge in [0.15, 0.2) is 5.82 Å². The van der Waals surface area contributed by atoms with E-state index in [-0.39, 0.29) is 5.56 Å². The number of hydrogen-bond donors (Lipinski definition) is 2. The maximum Gasteiger partial charge on any atom is 0.337 e. The van der Waals surface area contributed by atoms with Crippen LogP contribution in [0, 0.1) is 0 Å². The molecule has 0 fully saturated rings. The van der Waals surface area contributed by atoms with Crippen molar-refractivity contribution in [2.45, 2.75) is 6.54 Å². The molecule has 18 heavy (non-hydrogen) atoms. The lowest BCUT2D eigenvalue weighted by molar-refractivity contribution is 0.0696. The van der Waals surface area contributed by atoms with Gasteiger partial charge in [0.1, 0.15) is 0 Å². The van der Waals surface area contributed by atoms with E-state index in [0.717, 1.165) is 0 Å². The zero-order valence-electron chi connectivity index (χ0n) is 9.83. The molecule has 5 nitrogen and oxygen atoms in total. The fraction of sp³-hybridized carbons (Fsp3) is 0.167. The summed E-state index contributed by atoms with van der Waals surface area (Å²) in [5.74, 6) is -0.438. The van der Waals surface area contributed by atoms with Crippen molar-refractivity contribution < 1.29 is 9.90 Å². The van der Waals surface area contributed by atoms with Gasteiger partial charge in [0.05, 0.1) is 11.3 Å². The Bertz CT molecular complexity index is 554. The maximum absolute atomic E-state index is 10.8. The van der Waals surface area contributed by atoms with E-state index in [0.29, 0.717) is 18.1 Å². The third kappa shape index (κ3) is 2.60. The average molecular weight is 263 g/mol. The van der Waals surface area contributed by atoms with Crippen LogP contribution in [0.1, 0.15) is 15.9 Å². The van der Waals surface area contributed by atoms with Gasteiger partial charge >= 0.3 is 5.97 Å². The Morgan fingerprint density at radius 3 is 2.94 bits per heavy atom. The third-order valence-corrected chi connectivity index (χ3v) is 3.24. The molecule has 3 N–H and O–H groups in total. The van der Waals surface area contributed by atoms with E-state index in [2.05, 4.69) is 10.4 Å². The molecular formula is C12H13N3O2S. The highest BCUT2D eigenvalue weighted by atomic mass is 32.1. The highest BCUT2D eigenvalue weighted by Gasteiger charge is 2.11. The third-order valence-electron chi connectivity index (χ3n) is 2.50. The van der Waals surface area contributed by atoms with Crippen molar-refractivity contribution in [2.75, 3.05) is 17.7 Å². The second-order valence-electron chi connectivity index (χ2n) is 3.93. The number of hydrogen-bond acceptors (Lipinski definition) is 5. The van der Waals surface area contributed by atoms with Crippen molar-refractivity contribution in [1.82, 2.24) is 4.98 Å². The van der Waals surface area contributed by atoms with Crippen molar-refractivity contribution in [1.29, 1.82) is 0 Å². The van der Waals surface area contributed by atoms with Gasteiger partial charge in [0.2, 0.25) is 0 Å². The summed E-state index contributed by atoms with van der Waals surface area (Å²) in [5.41, 5.74) is 7.46. The molecule has 0 aromatic carbocycles. The second-order valence-corrected chi connectivity index (χ2v) is 4.71. The van der Waals surface area contributed by atoms with E-state index < -0.39 is 5.97 Å². The predicted molar refractivity (Wildman–Crippen MR) is 72.0 cm³/mol. The summed E-state index contributed by atoms with van der Waals surface area (Å²) >= 11 is 1.63. The number of pyridine rings is 1. The normalized spacial score (nSPS) is 10.3. The molecule has 94 valence electrons. The van der Waals surface area contributed by atoms with Crippen LogP contribution in [-0.2, 0) is 6.54 Å². The lowest BCUT2D eigenvalue weighted by Crippen LogP contribution is -2.19. The van der Waals surface area contributed by atoms with Gasteiger partial charge in [-0.3, -0.25) is 0 Å². The number of nitrogens with zero attached hydrogens (tertiary/aromatic N) is 2. The molecule has 0 saturated heterocycles. The summed E-state index contributed by atoms with van der Waals surface area (Å²) in [4.78, 5) is 16.8. The summed E-state index contributed by atoms with van der Waals surface area (Å²) in [5, 5.41) is 12.9. The molecule has 6 heteroatoms. The predicted octanol–water partition coefficient (Wildman–Crippen LogP) is 2.06. The molecule has 0 bridgehead atoms. The summed E-state index contributed by atoms with van der Waals surface area (Å²) in [6.45, 7) is 0.688. The van der Waals surface area contributed by atoms with Gasteiger partial charge in [0.25, 0.3) is 0 Å². The Morgan fingerprint density at radius 2 is 2.39 bits per heavy atom. The molecule has 0 amide bonds. The number of nitrogens with two attached hydrogens (primary N) is 1. The van der Waals surface area contributed by atoms with Crippen LogP contribution >= 0.6 is 11.3 Å². The Kier molecular flexibility index (Phi) is 3.47. The van der Waals surface area contributed by atoms with Crippen LogP contribution in [0.2, 0.25) is 0 Å². The molecule has 0 atom stereocenters. The number of carboxylic acid groups (broad SMARTS) is 1. The highest BCUT2D eigenvalue weighted by molar-refractivity contribution is 7.07. The smallest absolute Gasteiger partial charge is 0.337 e. The highest BCUT2D eigenvalue weighted by Crippen LogP contribution is 2.22. The van der Waals surface area contributed by atoms with Gasteiger partial charge in [-0.2, -0.15) is 11.3 Å². The van der Waals surface area contributed by atoms with Crippen LogP contribution in [0.3, 0.4) is 0 Å². The van der Waals surface area contributed by atoms with E-state index >= 15 is 0 Å². The first-order valence-electron chi connectivity index (χ1n) is 5.29. The Morgan fingerprint density at radius 1 is 1.61 bits per heavy atom. The fourth-order valence-electron chi connectivity index (χ4n) is 1.64. The van der Waals surface area contributed by atoms with E-state index in [1.54, 1.807) is 11.3 Å². The maximum atomic E-state index is 10.8. The number of nitrogen functional groups attached to an aromatic ring is 1. The van der Waals surface area contributed by atoms with E-state index in [9.17, 15) is 4.79 Å². The van der Waals surface area contributed by atoms with Crippen LogP contribution in [0.25, 0.3) is 0 Å². The van der Waals surface area contributed by atoms with Crippen LogP contribution < -0.4 is 10.6 Å². The van der Waals surface area contributed by atoms with Crippen molar-refractivity contribution in [3.63, 3.8) is 0 Å². The zero-order valence-corrected chi connectivity index (χ0v) is 10.6. The number of anilines is 2. The molecule has 2 heterocycles. The largest absolute Gasteiger partial charge is 0.478 e. The van der Waals surface area contributed by atoms with Gasteiger partial charge in [-0.25, -0.2) is 9.78 Å². The van der Waals surface area contributed by atoms with E-state index in [1.165, 1.54) is 17.8 Å². The van der Waals surface area contributed by atoms with Crippen LogP contribution in [-0.4, -0.2) is 23.1 Å². The topological polar surface area (TPSA) is 79.5 Å². The zero-order chi connectivity index (χ0) is 13.1. The molecule has 0 aliphatic carbocycles. The number of aromatic carboxylic acids is 1. The second kappa shape index (κ2) is 5.05. The SMILES string of the molecule is CN(Cc1ccsc1)c1ncc(C(=O)O)cc1N. The Labute approximate surface area is 108 Å². The first-order valence-corrected chi connectivity index (χ1v) is 6.23. The van der Waals surface area contributed by atoms with Crippen molar-refractivity contribution in [2.24, 2.45) is 0 Å². The van der Waals surface area contributed by atoms with Crippen LogP contribution in [0.5, 0.6) is 0 Å². The summed E-state index contributed by atoms with van der Waals surface area (Å²) < 4.78 is 0. The Balaban J connectivity index is 2.20. The van der Waals surface area contributed by atoms with Crippen molar-refractivity contribution in [3.8, 4) is 0 Å². The first-order chi connectivity index (χ1) is 8.58. The monoisotopic (exact) mass is 263 g/mol. The van der Waals surface area contributed by atoms with E-state index in [1.807, 2.05) is 23.4 Å². The quantitative estimate of drug-likeness (QED) is 0.882. The molecule has 2 rings (SSSR count). The lowest BCUT2D eigenvalue weighted by Gasteiger charge is -2.19. The molecule has 0 radical (unpaired) electrons. The lowest BCUT2D eigenvalue weighted by atomic mass is 10.2. The molecule has 0 saturated carbocycles. The van der Waals surface area contributed by atoms with Crippen molar-refractivity contribution >= 4 is 28.8 Å². The Hall–Kier alpha value is -2.08. The van der Waals surface area contributed by atoms with Crippen molar-refractivity contribution in [3.05, 3.63) is 40.2 Å². The van der Waals surface area contributed by atoms with Gasteiger partial charge in [-0.15, -0.1) is 0 Å². The van der Waals surface area contributed by atoms with Gasteiger partial charge < -0.3 is 15.7 Å². The number of aromatic nitrogens is 1. The summed E-state index contributed by atoms with van der Waals surface area (Å²) in [7, 11) is 1.87. The minimum Gasteiger partial charge on any atom is -0.478 e. The minimum atomic E-state index is -1.03. The number of thiophene rings is 1.